The predicted molar refractivity (Wildman–Crippen MR) is 121 cm³/mol. The Bertz CT molecular complexity index is 1270. The minimum Gasteiger partial charge on any atom is -0.378 e. The molecule has 0 radical (unpaired) electrons. The smallest absolute Gasteiger partial charge is 0.242 e. The van der Waals surface area contributed by atoms with E-state index in [2.05, 4.69) is 5.32 Å². The number of fused-ring (bicyclic) bond motifs is 1. The molecule has 10 heteroatoms. The third-order valence-electron chi connectivity index (χ3n) is 5.19. The van der Waals surface area contributed by atoms with E-state index in [0.717, 1.165) is 0 Å². The van der Waals surface area contributed by atoms with Crippen LogP contribution in [0.5, 0.6) is 0 Å². The molecule has 2 amide bonds. The topological polar surface area (TPSA) is 97.7 Å². The van der Waals surface area contributed by atoms with Crippen LogP contribution >= 0.6 is 11.6 Å². The summed E-state index contributed by atoms with van der Waals surface area (Å²) in [4.78, 5) is 26.8. The fourth-order valence-electron chi connectivity index (χ4n) is 3.66. The van der Waals surface area contributed by atoms with Gasteiger partial charge in [0.1, 0.15) is 12.3 Å². The lowest BCUT2D eigenvalue weighted by molar-refractivity contribution is -0.135. The van der Waals surface area contributed by atoms with Crippen LogP contribution in [0.1, 0.15) is 0 Å². The molecule has 0 unspecified atom stereocenters. The van der Waals surface area contributed by atoms with Crippen molar-refractivity contribution in [2.75, 3.05) is 37.4 Å². The first-order chi connectivity index (χ1) is 15.3. The van der Waals surface area contributed by atoms with Gasteiger partial charge in [0.15, 0.2) is 9.84 Å². The number of ether oxygens (including phenoxy) is 1. The van der Waals surface area contributed by atoms with Crippen LogP contribution in [0.15, 0.2) is 59.6 Å². The third-order valence-corrected chi connectivity index (χ3v) is 7.06. The van der Waals surface area contributed by atoms with Crippen LogP contribution in [0, 0.1) is 0 Å². The Morgan fingerprint density at radius 2 is 1.81 bits per heavy atom. The monoisotopic (exact) mass is 475 g/mol. The minimum absolute atomic E-state index is 0.00471. The largest absolute Gasteiger partial charge is 0.378 e. The van der Waals surface area contributed by atoms with Crippen molar-refractivity contribution < 1.29 is 22.7 Å². The molecule has 0 atom stereocenters. The molecular weight excluding hydrogens is 454 g/mol. The van der Waals surface area contributed by atoms with E-state index >= 15 is 0 Å². The zero-order chi connectivity index (χ0) is 22.7. The number of anilines is 1. The van der Waals surface area contributed by atoms with Crippen molar-refractivity contribution in [2.45, 2.75) is 11.4 Å². The fourth-order valence-corrected chi connectivity index (χ4v) is 5.22. The van der Waals surface area contributed by atoms with Gasteiger partial charge >= 0.3 is 0 Å². The predicted octanol–water partition coefficient (Wildman–Crippen LogP) is 2.57. The van der Waals surface area contributed by atoms with Crippen molar-refractivity contribution in [3.63, 3.8) is 0 Å². The molecule has 1 aromatic heterocycles. The summed E-state index contributed by atoms with van der Waals surface area (Å²) < 4.78 is 33.1. The Morgan fingerprint density at radius 1 is 1.06 bits per heavy atom. The summed E-state index contributed by atoms with van der Waals surface area (Å²) in [7, 11) is -3.97. The molecule has 2 aromatic carbocycles. The Kier molecular flexibility index (Phi) is 6.50. The SMILES string of the molecule is O=C(CS(=O)(=O)c1cn(CC(=O)N2CCOCC2)c2ccccc12)Nc1cccc(Cl)c1. The zero-order valence-corrected chi connectivity index (χ0v) is 18.7. The molecule has 1 fully saturated rings. The number of halogens is 1. The Hall–Kier alpha value is -2.88. The molecule has 1 aliphatic rings. The number of sulfone groups is 1. The molecule has 2 heterocycles. The molecule has 1 saturated heterocycles. The summed E-state index contributed by atoms with van der Waals surface area (Å²) in [6.07, 6.45) is 1.44. The van der Waals surface area contributed by atoms with Crippen LogP contribution < -0.4 is 5.32 Å². The van der Waals surface area contributed by atoms with Gasteiger partial charge in [0, 0.05) is 40.9 Å². The molecule has 0 spiro atoms. The van der Waals surface area contributed by atoms with Crippen LogP contribution in [0.4, 0.5) is 5.69 Å². The number of carbonyl (C=O) groups excluding carboxylic acids is 2. The van der Waals surface area contributed by atoms with Gasteiger partial charge in [0.2, 0.25) is 11.8 Å². The number of amides is 2. The van der Waals surface area contributed by atoms with Gasteiger partial charge in [-0.2, -0.15) is 0 Å². The summed E-state index contributed by atoms with van der Waals surface area (Å²) in [5.41, 5.74) is 1.03. The number of carbonyl (C=O) groups is 2. The van der Waals surface area contributed by atoms with Crippen molar-refractivity contribution in [3.05, 3.63) is 59.8 Å². The standard InChI is InChI=1S/C22H22ClN3O5S/c23-16-4-3-5-17(12-16)24-21(27)15-32(29,30)20-13-26(19-7-2-1-6-18(19)20)14-22(28)25-8-10-31-11-9-25/h1-7,12-13H,8-11,14-15H2,(H,24,27). The van der Waals surface area contributed by atoms with Crippen LogP contribution in [0.3, 0.4) is 0 Å². The molecule has 0 bridgehead atoms. The van der Waals surface area contributed by atoms with Crippen molar-refractivity contribution in [3.8, 4) is 0 Å². The summed E-state index contributed by atoms with van der Waals surface area (Å²) in [6, 6.07) is 13.4. The molecule has 168 valence electrons. The Labute approximate surface area is 190 Å². The lowest BCUT2D eigenvalue weighted by Crippen LogP contribution is -2.42. The molecule has 0 saturated carbocycles. The van der Waals surface area contributed by atoms with Crippen molar-refractivity contribution in [1.29, 1.82) is 0 Å². The average Bonchev–Trinajstić information content (AvgIpc) is 3.13. The highest BCUT2D eigenvalue weighted by Crippen LogP contribution is 2.27. The molecule has 32 heavy (non-hydrogen) atoms. The number of hydrogen-bond donors (Lipinski definition) is 1. The quantitative estimate of drug-likeness (QED) is 0.591. The van der Waals surface area contributed by atoms with Crippen molar-refractivity contribution >= 4 is 49.8 Å². The summed E-state index contributed by atoms with van der Waals surface area (Å²) in [5.74, 6) is -1.52. The second kappa shape index (κ2) is 9.32. The van der Waals surface area contributed by atoms with E-state index in [1.807, 2.05) is 0 Å². The summed E-state index contributed by atoms with van der Waals surface area (Å²) >= 11 is 5.91. The molecular formula is C22H22ClN3O5S. The molecule has 4 rings (SSSR count). The molecule has 8 nitrogen and oxygen atoms in total. The number of nitrogens with one attached hydrogen (secondary N) is 1. The summed E-state index contributed by atoms with van der Waals surface area (Å²) in [5, 5.41) is 3.46. The van der Waals surface area contributed by atoms with Gasteiger partial charge in [0.05, 0.1) is 18.1 Å². The van der Waals surface area contributed by atoms with E-state index in [-0.39, 0.29) is 17.3 Å². The number of benzene rings is 2. The highest BCUT2D eigenvalue weighted by atomic mass is 35.5. The fraction of sp³-hybridized carbons (Fsp3) is 0.273. The van der Waals surface area contributed by atoms with Gasteiger partial charge in [-0.1, -0.05) is 35.9 Å². The maximum atomic E-state index is 13.1. The number of para-hydroxylation sites is 1. The second-order valence-electron chi connectivity index (χ2n) is 7.45. The maximum absolute atomic E-state index is 13.1. The number of aromatic nitrogens is 1. The first-order valence-corrected chi connectivity index (χ1v) is 12.1. The van der Waals surface area contributed by atoms with Crippen LogP contribution in [0.2, 0.25) is 5.02 Å². The van der Waals surface area contributed by atoms with E-state index in [0.29, 0.717) is 47.9 Å². The first kappa shape index (κ1) is 22.3. The van der Waals surface area contributed by atoms with Gasteiger partial charge in [0.25, 0.3) is 0 Å². The minimum atomic E-state index is -3.97. The van der Waals surface area contributed by atoms with Gasteiger partial charge in [-0.05, 0) is 24.3 Å². The Morgan fingerprint density at radius 3 is 2.56 bits per heavy atom. The highest BCUT2D eigenvalue weighted by Gasteiger charge is 2.26. The van der Waals surface area contributed by atoms with E-state index < -0.39 is 21.5 Å². The lowest BCUT2D eigenvalue weighted by atomic mass is 10.2. The van der Waals surface area contributed by atoms with E-state index in [9.17, 15) is 18.0 Å². The van der Waals surface area contributed by atoms with Gasteiger partial charge < -0.3 is 19.5 Å². The number of nitrogens with zero attached hydrogens (tertiary/aromatic N) is 2. The molecule has 1 aliphatic heterocycles. The van der Waals surface area contributed by atoms with Crippen LogP contribution in [-0.2, 0) is 30.7 Å². The van der Waals surface area contributed by atoms with Gasteiger partial charge in [-0.15, -0.1) is 0 Å². The molecule has 3 aromatic rings. The summed E-state index contributed by atoms with van der Waals surface area (Å²) in [6.45, 7) is 1.99. The lowest BCUT2D eigenvalue weighted by Gasteiger charge is -2.27. The average molecular weight is 476 g/mol. The zero-order valence-electron chi connectivity index (χ0n) is 17.2. The van der Waals surface area contributed by atoms with Gasteiger partial charge in [-0.25, -0.2) is 8.42 Å². The molecule has 0 aliphatic carbocycles. The van der Waals surface area contributed by atoms with Crippen molar-refractivity contribution in [1.82, 2.24) is 9.47 Å². The highest BCUT2D eigenvalue weighted by molar-refractivity contribution is 7.92. The first-order valence-electron chi connectivity index (χ1n) is 10.0. The van der Waals surface area contributed by atoms with E-state index in [1.165, 1.54) is 12.3 Å². The maximum Gasteiger partial charge on any atom is 0.242 e. The van der Waals surface area contributed by atoms with E-state index in [1.54, 1.807) is 51.9 Å². The van der Waals surface area contributed by atoms with Gasteiger partial charge in [-0.3, -0.25) is 9.59 Å². The number of morpholine rings is 1. The van der Waals surface area contributed by atoms with Crippen molar-refractivity contribution in [2.24, 2.45) is 0 Å². The van der Waals surface area contributed by atoms with Crippen LogP contribution in [0.25, 0.3) is 10.9 Å². The normalized spacial score (nSPS) is 14.5. The molecule has 1 N–H and O–H groups in total. The van der Waals surface area contributed by atoms with Crippen LogP contribution in [-0.4, -0.2) is 61.8 Å². The Balaban J connectivity index is 1.57. The second-order valence-corrected chi connectivity index (χ2v) is 9.84. The number of hydrogen-bond acceptors (Lipinski definition) is 5. The third kappa shape index (κ3) is 4.95. The number of rotatable bonds is 6. The van der Waals surface area contributed by atoms with E-state index in [4.69, 9.17) is 16.3 Å².